The minimum Gasteiger partial charge on any atom is -0.490 e. The monoisotopic (exact) mass is 472 g/mol. The first-order valence-electron chi connectivity index (χ1n) is 11.2. The number of nitrogens with one attached hydrogen (secondary N) is 1. The number of rotatable bonds is 6. The highest BCUT2D eigenvalue weighted by molar-refractivity contribution is 6.06. The molecule has 34 heavy (non-hydrogen) atoms. The Morgan fingerprint density at radius 2 is 2.09 bits per heavy atom. The van der Waals surface area contributed by atoms with Crippen molar-refractivity contribution in [2.24, 2.45) is 0 Å². The summed E-state index contributed by atoms with van der Waals surface area (Å²) in [7, 11) is 0. The Morgan fingerprint density at radius 1 is 1.29 bits per heavy atom. The molecule has 5 rings (SSSR count). The van der Waals surface area contributed by atoms with Crippen LogP contribution in [0.4, 0.5) is 14.5 Å². The molecule has 1 aliphatic carbocycles. The number of imidazole rings is 1. The number of nitrogens with zero attached hydrogens (tertiary/aromatic N) is 3. The lowest BCUT2D eigenvalue weighted by Crippen LogP contribution is -2.26. The molecule has 0 aromatic carbocycles. The van der Waals surface area contributed by atoms with E-state index in [1.807, 2.05) is 20.0 Å². The minimum atomic E-state index is -3.01. The van der Waals surface area contributed by atoms with Gasteiger partial charge in [0.2, 0.25) is 0 Å². The Morgan fingerprint density at radius 3 is 2.71 bits per heavy atom. The van der Waals surface area contributed by atoms with E-state index in [-0.39, 0.29) is 32.9 Å². The van der Waals surface area contributed by atoms with Gasteiger partial charge in [0.25, 0.3) is 11.5 Å². The summed E-state index contributed by atoms with van der Waals surface area (Å²) in [5, 5.41) is 2.45. The highest BCUT2D eigenvalue weighted by Gasteiger charge is 2.55. The first kappa shape index (κ1) is 22.5. The molecule has 0 unspecified atom stereocenters. The fourth-order valence-electron chi connectivity index (χ4n) is 4.99. The van der Waals surface area contributed by atoms with Crippen molar-refractivity contribution in [3.63, 3.8) is 0 Å². The Bertz CT molecular complexity index is 1320. The number of pyridine rings is 2. The van der Waals surface area contributed by atoms with Crippen LogP contribution in [0.3, 0.4) is 0 Å². The number of fused-ring (bicyclic) bond motifs is 3. The molecule has 1 saturated heterocycles. The molecule has 1 saturated carbocycles. The quantitative estimate of drug-likeness (QED) is 0.583. The Hall–Kier alpha value is -3.27. The topological polar surface area (TPSA) is 86.9 Å². The average molecular weight is 472 g/mol. The zero-order valence-corrected chi connectivity index (χ0v) is 19.2. The van der Waals surface area contributed by atoms with Crippen LogP contribution in [0.2, 0.25) is 0 Å². The van der Waals surface area contributed by atoms with Gasteiger partial charge >= 0.3 is 6.55 Å². The molecule has 4 heterocycles. The normalized spacial score (nSPS) is 23.9. The molecule has 2 atom stereocenters. The number of aromatic nitrogens is 3. The molecule has 2 aliphatic rings. The maximum atomic E-state index is 13.1. The second kappa shape index (κ2) is 7.90. The third-order valence-electron chi connectivity index (χ3n) is 6.68. The van der Waals surface area contributed by atoms with Crippen LogP contribution in [-0.2, 0) is 10.2 Å². The lowest BCUT2D eigenvalue weighted by molar-refractivity contribution is -0.00627. The molecule has 3 aromatic heterocycles. The number of amides is 1. The van der Waals surface area contributed by atoms with Crippen LogP contribution in [0.25, 0.3) is 5.65 Å². The van der Waals surface area contributed by atoms with Gasteiger partial charge < -0.3 is 19.2 Å². The molecule has 10 heteroatoms. The number of hydrogen-bond acceptors (Lipinski definition) is 5. The SMILES string of the molecule is CC(C)Oc1cc2nc([C@@]34CC[C@@](C)(C3)OC4)cn2cc1C(=O)Nc1cccn(C(F)F)c1=O. The Kier molecular flexibility index (Phi) is 5.23. The van der Waals surface area contributed by atoms with E-state index in [4.69, 9.17) is 14.5 Å². The van der Waals surface area contributed by atoms with Crippen molar-refractivity contribution in [2.75, 3.05) is 11.9 Å². The van der Waals surface area contributed by atoms with Crippen molar-refractivity contribution < 1.29 is 23.0 Å². The average Bonchev–Trinajstić information content (AvgIpc) is 3.44. The van der Waals surface area contributed by atoms with E-state index < -0.39 is 18.0 Å². The molecule has 8 nitrogen and oxygen atoms in total. The van der Waals surface area contributed by atoms with E-state index in [1.54, 1.807) is 16.7 Å². The van der Waals surface area contributed by atoms with Gasteiger partial charge in [-0.05, 0) is 52.2 Å². The van der Waals surface area contributed by atoms with Gasteiger partial charge in [-0.3, -0.25) is 14.2 Å². The fraction of sp³-hybridized carbons (Fsp3) is 0.458. The van der Waals surface area contributed by atoms with Crippen LogP contribution >= 0.6 is 0 Å². The van der Waals surface area contributed by atoms with Crippen molar-refractivity contribution in [1.29, 1.82) is 0 Å². The third kappa shape index (κ3) is 3.75. The van der Waals surface area contributed by atoms with Crippen LogP contribution in [-0.4, -0.2) is 38.2 Å². The molecule has 2 fully saturated rings. The number of hydrogen-bond donors (Lipinski definition) is 1. The largest absolute Gasteiger partial charge is 0.490 e. The van der Waals surface area contributed by atoms with Crippen molar-refractivity contribution in [2.45, 2.75) is 63.7 Å². The van der Waals surface area contributed by atoms with E-state index in [9.17, 15) is 18.4 Å². The molecule has 1 amide bonds. The van der Waals surface area contributed by atoms with E-state index >= 15 is 0 Å². The summed E-state index contributed by atoms with van der Waals surface area (Å²) in [5.41, 5.74) is 0.185. The second-order valence-corrected chi connectivity index (χ2v) is 9.67. The van der Waals surface area contributed by atoms with Gasteiger partial charge in [-0.25, -0.2) is 4.98 Å². The minimum absolute atomic E-state index is 0.117. The molecular weight excluding hydrogens is 446 g/mol. The maximum Gasteiger partial charge on any atom is 0.321 e. The van der Waals surface area contributed by atoms with Crippen LogP contribution in [0.1, 0.15) is 62.6 Å². The van der Waals surface area contributed by atoms with Gasteiger partial charge in [-0.1, -0.05) is 0 Å². The first-order chi connectivity index (χ1) is 16.1. The Labute approximate surface area is 194 Å². The van der Waals surface area contributed by atoms with E-state index in [0.717, 1.165) is 31.2 Å². The Balaban J connectivity index is 1.53. The van der Waals surface area contributed by atoms with Crippen molar-refractivity contribution >= 4 is 17.2 Å². The summed E-state index contributed by atoms with van der Waals surface area (Å²) in [6, 6.07) is 4.24. The van der Waals surface area contributed by atoms with Gasteiger partial charge in [0.15, 0.2) is 0 Å². The lowest BCUT2D eigenvalue weighted by Gasteiger charge is -2.24. The van der Waals surface area contributed by atoms with Gasteiger partial charge in [0.05, 0.1) is 29.6 Å². The molecule has 0 radical (unpaired) electrons. The van der Waals surface area contributed by atoms with E-state index in [1.165, 1.54) is 12.1 Å². The number of ether oxygens (including phenoxy) is 2. The van der Waals surface area contributed by atoms with Gasteiger partial charge in [-0.2, -0.15) is 8.78 Å². The van der Waals surface area contributed by atoms with E-state index in [0.29, 0.717) is 18.0 Å². The molecule has 3 aromatic rings. The zero-order valence-electron chi connectivity index (χ0n) is 19.2. The van der Waals surface area contributed by atoms with Crippen molar-refractivity contribution in [3.05, 3.63) is 58.4 Å². The summed E-state index contributed by atoms with van der Waals surface area (Å²) in [4.78, 5) is 30.3. The third-order valence-corrected chi connectivity index (χ3v) is 6.68. The van der Waals surface area contributed by atoms with Crippen LogP contribution in [0.5, 0.6) is 5.75 Å². The summed E-state index contributed by atoms with van der Waals surface area (Å²) in [6.07, 6.45) is 7.09. The van der Waals surface area contributed by atoms with Gasteiger partial charge in [0.1, 0.15) is 17.1 Å². The van der Waals surface area contributed by atoms with Crippen LogP contribution in [0, 0.1) is 0 Å². The number of halogens is 2. The number of carbonyl (C=O) groups is 1. The summed E-state index contributed by atoms with van der Waals surface area (Å²) < 4.78 is 40.1. The van der Waals surface area contributed by atoms with Crippen LogP contribution < -0.4 is 15.6 Å². The predicted octanol–water partition coefficient (Wildman–Crippen LogP) is 4.14. The summed E-state index contributed by atoms with van der Waals surface area (Å²) in [5.74, 6) is -0.355. The van der Waals surface area contributed by atoms with Gasteiger partial charge in [0, 0.05) is 30.1 Å². The van der Waals surface area contributed by atoms with Crippen LogP contribution in [0.15, 0.2) is 41.6 Å². The van der Waals surface area contributed by atoms with Crippen molar-refractivity contribution in [1.82, 2.24) is 14.0 Å². The lowest BCUT2D eigenvalue weighted by atomic mass is 9.84. The highest BCUT2D eigenvalue weighted by atomic mass is 19.3. The molecule has 180 valence electrons. The van der Waals surface area contributed by atoms with E-state index in [2.05, 4.69) is 12.2 Å². The van der Waals surface area contributed by atoms with Gasteiger partial charge in [-0.15, -0.1) is 0 Å². The molecule has 1 N–H and O–H groups in total. The smallest absolute Gasteiger partial charge is 0.321 e. The number of anilines is 1. The standard InChI is InChI=1S/C24H26F2N4O4/c1-14(2)34-17-9-19-28-18(24-7-6-23(3,12-24)33-13-24)11-29(19)10-15(17)20(31)27-16-5-4-8-30(21(16)32)22(25)26/h4-5,8-11,14,22H,6-7,12-13H2,1-3H3,(H,27,31)/t23-,24-/m0/s1. The first-order valence-corrected chi connectivity index (χ1v) is 11.2. The second-order valence-electron chi connectivity index (χ2n) is 9.67. The maximum absolute atomic E-state index is 13.1. The summed E-state index contributed by atoms with van der Waals surface area (Å²) in [6.45, 7) is 3.38. The molecule has 1 aliphatic heterocycles. The molecular formula is C24H26F2N4O4. The number of carbonyl (C=O) groups excluding carboxylic acids is 1. The number of alkyl halides is 2. The van der Waals surface area contributed by atoms with Crippen molar-refractivity contribution in [3.8, 4) is 5.75 Å². The predicted molar refractivity (Wildman–Crippen MR) is 121 cm³/mol. The molecule has 2 bridgehead atoms. The summed E-state index contributed by atoms with van der Waals surface area (Å²) >= 11 is 0. The highest BCUT2D eigenvalue weighted by Crippen LogP contribution is 2.53. The fourth-order valence-corrected chi connectivity index (χ4v) is 4.99. The molecule has 0 spiro atoms. The zero-order chi connectivity index (χ0) is 24.3.